The predicted octanol–water partition coefficient (Wildman–Crippen LogP) is 0.409. The van der Waals surface area contributed by atoms with Crippen LogP contribution < -0.4 is 5.32 Å². The largest absolute Gasteiger partial charge is 0.344 e. The van der Waals surface area contributed by atoms with Crippen LogP contribution in [0.25, 0.3) is 0 Å². The normalized spacial score (nSPS) is 18.7. The van der Waals surface area contributed by atoms with Crippen LogP contribution in [0.2, 0.25) is 0 Å². The van der Waals surface area contributed by atoms with E-state index in [9.17, 15) is 9.59 Å². The first kappa shape index (κ1) is 14.6. The monoisotopic (exact) mass is 278 g/mol. The number of hydrogen-bond acceptors (Lipinski definition) is 3. The molecule has 1 aromatic heterocycles. The second-order valence-electron chi connectivity index (χ2n) is 5.33. The minimum absolute atomic E-state index is 0.0130. The lowest BCUT2D eigenvalue weighted by atomic mass is 10.1. The first-order valence-electron chi connectivity index (χ1n) is 7.01. The molecule has 1 atom stereocenters. The molecule has 0 aliphatic carbocycles. The number of aromatic nitrogens is 2. The van der Waals surface area contributed by atoms with Gasteiger partial charge in [-0.3, -0.25) is 14.3 Å². The van der Waals surface area contributed by atoms with Crippen molar-refractivity contribution in [3.63, 3.8) is 0 Å². The third-order valence-corrected chi connectivity index (χ3v) is 3.94. The summed E-state index contributed by atoms with van der Waals surface area (Å²) in [6, 6.07) is -0.380. The summed E-state index contributed by atoms with van der Waals surface area (Å²) < 4.78 is 1.71. The zero-order chi connectivity index (χ0) is 14.9. The highest BCUT2D eigenvalue weighted by Crippen LogP contribution is 2.13. The molecule has 0 aromatic carbocycles. The van der Waals surface area contributed by atoms with Gasteiger partial charge in [0, 0.05) is 19.3 Å². The van der Waals surface area contributed by atoms with Gasteiger partial charge in [-0.2, -0.15) is 5.10 Å². The number of carbonyl (C=O) groups excluding carboxylic acids is 2. The maximum Gasteiger partial charge on any atom is 0.244 e. The van der Waals surface area contributed by atoms with Crippen molar-refractivity contribution in [3.05, 3.63) is 17.0 Å². The average molecular weight is 278 g/mol. The number of aryl methyl sites for hydroxylation is 1. The lowest BCUT2D eigenvalue weighted by Crippen LogP contribution is -2.42. The summed E-state index contributed by atoms with van der Waals surface area (Å²) >= 11 is 0. The molecule has 2 rings (SSSR count). The van der Waals surface area contributed by atoms with Gasteiger partial charge in [0.25, 0.3) is 0 Å². The SMILES string of the molecule is CCc1c(C)nn(CC(=O)N[C@H]2CCN(C)C2=O)c1C. The first-order chi connectivity index (χ1) is 9.43. The topological polar surface area (TPSA) is 67.2 Å². The van der Waals surface area contributed by atoms with E-state index in [0.29, 0.717) is 13.0 Å². The van der Waals surface area contributed by atoms with Crippen molar-refractivity contribution < 1.29 is 9.59 Å². The molecule has 1 fully saturated rings. The Bertz CT molecular complexity index is 536. The standard InChI is InChI=1S/C14H22N4O2/c1-5-11-9(2)16-18(10(11)3)8-13(19)15-12-6-7-17(4)14(12)20/h12H,5-8H2,1-4H3,(H,15,19)/t12-/m0/s1. The van der Waals surface area contributed by atoms with E-state index in [4.69, 9.17) is 0 Å². The number of likely N-dealkylation sites (N-methyl/N-ethyl adjacent to an activating group) is 1. The molecule has 2 amide bonds. The number of amides is 2. The molecule has 2 heterocycles. The summed E-state index contributed by atoms with van der Waals surface area (Å²) in [5.41, 5.74) is 3.18. The van der Waals surface area contributed by atoms with E-state index in [0.717, 1.165) is 17.8 Å². The van der Waals surface area contributed by atoms with Crippen LogP contribution in [-0.4, -0.2) is 46.1 Å². The third kappa shape index (κ3) is 2.69. The van der Waals surface area contributed by atoms with Gasteiger partial charge in [0.15, 0.2) is 0 Å². The number of nitrogens with zero attached hydrogens (tertiary/aromatic N) is 3. The van der Waals surface area contributed by atoms with E-state index < -0.39 is 0 Å². The highest BCUT2D eigenvalue weighted by atomic mass is 16.2. The van der Waals surface area contributed by atoms with Crippen molar-refractivity contribution in [2.75, 3.05) is 13.6 Å². The molecule has 0 unspecified atom stereocenters. The molecule has 0 saturated carbocycles. The fourth-order valence-corrected chi connectivity index (χ4v) is 2.73. The van der Waals surface area contributed by atoms with Gasteiger partial charge in [0.2, 0.25) is 11.8 Å². The van der Waals surface area contributed by atoms with Gasteiger partial charge in [-0.1, -0.05) is 6.92 Å². The Kier molecular flexibility index (Phi) is 4.11. The van der Waals surface area contributed by atoms with Crippen LogP contribution in [-0.2, 0) is 22.6 Å². The minimum atomic E-state index is -0.380. The first-order valence-corrected chi connectivity index (χ1v) is 7.01. The zero-order valence-electron chi connectivity index (χ0n) is 12.6. The number of likely N-dealkylation sites (tertiary alicyclic amines) is 1. The molecule has 20 heavy (non-hydrogen) atoms. The van der Waals surface area contributed by atoms with E-state index in [-0.39, 0.29) is 24.4 Å². The molecular weight excluding hydrogens is 256 g/mol. The quantitative estimate of drug-likeness (QED) is 0.867. The Morgan fingerprint density at radius 1 is 1.45 bits per heavy atom. The van der Waals surface area contributed by atoms with Crippen LogP contribution in [0.5, 0.6) is 0 Å². The van der Waals surface area contributed by atoms with Gasteiger partial charge in [0.05, 0.1) is 5.69 Å². The molecular formula is C14H22N4O2. The van der Waals surface area contributed by atoms with Crippen molar-refractivity contribution in [2.24, 2.45) is 0 Å². The summed E-state index contributed by atoms with van der Waals surface area (Å²) in [5, 5.41) is 7.18. The van der Waals surface area contributed by atoms with Gasteiger partial charge >= 0.3 is 0 Å². The fourth-order valence-electron chi connectivity index (χ4n) is 2.73. The Morgan fingerprint density at radius 2 is 2.15 bits per heavy atom. The Labute approximate surface area is 119 Å². The maximum absolute atomic E-state index is 12.0. The van der Waals surface area contributed by atoms with Crippen LogP contribution in [0.4, 0.5) is 0 Å². The van der Waals surface area contributed by atoms with Crippen LogP contribution in [0.15, 0.2) is 0 Å². The van der Waals surface area contributed by atoms with Crippen molar-refractivity contribution in [3.8, 4) is 0 Å². The highest BCUT2D eigenvalue weighted by molar-refractivity contribution is 5.88. The number of carbonyl (C=O) groups is 2. The van der Waals surface area contributed by atoms with Gasteiger partial charge in [-0.05, 0) is 32.3 Å². The smallest absolute Gasteiger partial charge is 0.244 e. The second kappa shape index (κ2) is 5.64. The van der Waals surface area contributed by atoms with Crippen LogP contribution >= 0.6 is 0 Å². The fraction of sp³-hybridized carbons (Fsp3) is 0.643. The third-order valence-electron chi connectivity index (χ3n) is 3.94. The van der Waals surface area contributed by atoms with Crippen molar-refractivity contribution in [1.82, 2.24) is 20.0 Å². The molecule has 6 heteroatoms. The molecule has 1 aliphatic rings. The van der Waals surface area contributed by atoms with Crippen LogP contribution in [0.1, 0.15) is 30.3 Å². The molecule has 1 saturated heterocycles. The van der Waals surface area contributed by atoms with Gasteiger partial charge in [-0.15, -0.1) is 0 Å². The van der Waals surface area contributed by atoms with Crippen molar-refractivity contribution in [1.29, 1.82) is 0 Å². The van der Waals surface area contributed by atoms with Gasteiger partial charge in [0.1, 0.15) is 12.6 Å². The Morgan fingerprint density at radius 3 is 2.65 bits per heavy atom. The second-order valence-corrected chi connectivity index (χ2v) is 5.33. The van der Waals surface area contributed by atoms with Gasteiger partial charge < -0.3 is 10.2 Å². The lowest BCUT2D eigenvalue weighted by molar-refractivity contribution is -0.132. The molecule has 0 radical (unpaired) electrons. The van der Waals surface area contributed by atoms with E-state index in [1.807, 2.05) is 13.8 Å². The number of rotatable bonds is 4. The molecule has 1 aromatic rings. The predicted molar refractivity (Wildman–Crippen MR) is 75.3 cm³/mol. The van der Waals surface area contributed by atoms with E-state index >= 15 is 0 Å². The summed E-state index contributed by atoms with van der Waals surface area (Å²) in [4.78, 5) is 25.4. The number of hydrogen-bond donors (Lipinski definition) is 1. The average Bonchev–Trinajstić information content (AvgIpc) is 2.84. The maximum atomic E-state index is 12.0. The van der Waals surface area contributed by atoms with Crippen LogP contribution in [0.3, 0.4) is 0 Å². The van der Waals surface area contributed by atoms with Gasteiger partial charge in [-0.25, -0.2) is 0 Å². The van der Waals surface area contributed by atoms with E-state index in [1.165, 1.54) is 5.56 Å². The summed E-state index contributed by atoms with van der Waals surface area (Å²) in [6.07, 6.45) is 1.59. The van der Waals surface area contributed by atoms with E-state index in [2.05, 4.69) is 17.3 Å². The minimum Gasteiger partial charge on any atom is -0.344 e. The zero-order valence-corrected chi connectivity index (χ0v) is 12.6. The molecule has 110 valence electrons. The lowest BCUT2D eigenvalue weighted by Gasteiger charge is -2.12. The molecule has 0 spiro atoms. The van der Waals surface area contributed by atoms with Crippen molar-refractivity contribution in [2.45, 2.75) is 46.2 Å². The summed E-state index contributed by atoms with van der Waals surface area (Å²) in [6.45, 7) is 6.87. The molecule has 0 bridgehead atoms. The molecule has 1 N–H and O–H groups in total. The summed E-state index contributed by atoms with van der Waals surface area (Å²) in [7, 11) is 1.75. The number of nitrogens with one attached hydrogen (secondary N) is 1. The molecule has 6 nitrogen and oxygen atoms in total. The Balaban J connectivity index is 2.00. The van der Waals surface area contributed by atoms with Crippen LogP contribution in [0, 0.1) is 13.8 Å². The molecule has 1 aliphatic heterocycles. The highest BCUT2D eigenvalue weighted by Gasteiger charge is 2.30. The Hall–Kier alpha value is -1.85. The summed E-state index contributed by atoms with van der Waals surface area (Å²) in [5.74, 6) is -0.173. The van der Waals surface area contributed by atoms with Crippen molar-refractivity contribution >= 4 is 11.8 Å². The van der Waals surface area contributed by atoms with E-state index in [1.54, 1.807) is 16.6 Å².